The maximum atomic E-state index is 12.7. The van der Waals surface area contributed by atoms with E-state index >= 15 is 0 Å². The van der Waals surface area contributed by atoms with Crippen LogP contribution in [0.4, 0.5) is 0 Å². The lowest BCUT2D eigenvalue weighted by molar-refractivity contribution is -0.0937. The van der Waals surface area contributed by atoms with Crippen LogP contribution in [0.15, 0.2) is 22.9 Å². The fourth-order valence-electron chi connectivity index (χ4n) is 4.13. The molecule has 1 spiro atoms. The number of carbonyl (C=O) groups is 1. The molecule has 0 unspecified atom stereocenters. The standard InChI is InChI=1S/C20H24N2O5/c1-13-18(21-12-26-13)19(23)22-7-5-20(6-8-22)15-11-17(25-3)16(24-2)10-14(15)4-9-27-20/h10-12H,4-9H2,1-3H3. The van der Waals surface area contributed by atoms with Gasteiger partial charge < -0.3 is 23.5 Å². The van der Waals surface area contributed by atoms with Crippen molar-refractivity contribution >= 4 is 5.91 Å². The number of carbonyl (C=O) groups excluding carboxylic acids is 1. The van der Waals surface area contributed by atoms with Crippen molar-refractivity contribution in [1.29, 1.82) is 0 Å². The molecule has 2 aromatic rings. The lowest BCUT2D eigenvalue weighted by atomic mass is 9.79. The van der Waals surface area contributed by atoms with Gasteiger partial charge in [0.1, 0.15) is 5.76 Å². The number of ether oxygens (including phenoxy) is 3. The van der Waals surface area contributed by atoms with Gasteiger partial charge in [0, 0.05) is 13.1 Å². The fourth-order valence-corrected chi connectivity index (χ4v) is 4.13. The molecule has 7 nitrogen and oxygen atoms in total. The molecule has 4 rings (SSSR count). The number of benzene rings is 1. The van der Waals surface area contributed by atoms with Crippen LogP contribution in [0.2, 0.25) is 0 Å². The third-order valence-electron chi connectivity index (χ3n) is 5.66. The van der Waals surface area contributed by atoms with E-state index in [4.69, 9.17) is 18.6 Å². The maximum Gasteiger partial charge on any atom is 0.276 e. The second kappa shape index (κ2) is 6.88. The first-order valence-electron chi connectivity index (χ1n) is 9.16. The normalized spacial score (nSPS) is 18.3. The molecule has 1 fully saturated rings. The van der Waals surface area contributed by atoms with Crippen LogP contribution in [-0.2, 0) is 16.8 Å². The summed E-state index contributed by atoms with van der Waals surface area (Å²) >= 11 is 0. The number of hydrogen-bond donors (Lipinski definition) is 0. The molecule has 1 aromatic heterocycles. The summed E-state index contributed by atoms with van der Waals surface area (Å²) in [5.41, 5.74) is 2.38. The number of methoxy groups -OCH3 is 2. The van der Waals surface area contributed by atoms with Gasteiger partial charge >= 0.3 is 0 Å². The van der Waals surface area contributed by atoms with Gasteiger partial charge in [-0.3, -0.25) is 4.79 Å². The average Bonchev–Trinajstić information content (AvgIpc) is 3.13. The van der Waals surface area contributed by atoms with Crippen molar-refractivity contribution < 1.29 is 23.4 Å². The Kier molecular flexibility index (Phi) is 4.55. The highest BCUT2D eigenvalue weighted by Gasteiger charge is 2.42. The Morgan fingerprint density at radius 3 is 2.52 bits per heavy atom. The van der Waals surface area contributed by atoms with Crippen molar-refractivity contribution in [3.05, 3.63) is 41.1 Å². The number of aromatic nitrogens is 1. The van der Waals surface area contributed by atoms with Gasteiger partial charge in [-0.25, -0.2) is 4.98 Å². The van der Waals surface area contributed by atoms with E-state index in [9.17, 15) is 4.79 Å². The van der Waals surface area contributed by atoms with Crippen molar-refractivity contribution in [1.82, 2.24) is 9.88 Å². The van der Waals surface area contributed by atoms with Crippen molar-refractivity contribution in [2.75, 3.05) is 33.9 Å². The van der Waals surface area contributed by atoms with Crippen LogP contribution < -0.4 is 9.47 Å². The molecule has 0 radical (unpaired) electrons. The van der Waals surface area contributed by atoms with E-state index in [0.29, 0.717) is 36.9 Å². The molecule has 1 aromatic carbocycles. The summed E-state index contributed by atoms with van der Waals surface area (Å²) < 4.78 is 22.4. The smallest absolute Gasteiger partial charge is 0.276 e. The lowest BCUT2D eigenvalue weighted by Crippen LogP contribution is -2.48. The molecule has 7 heteroatoms. The van der Waals surface area contributed by atoms with Crippen molar-refractivity contribution in [3.63, 3.8) is 0 Å². The first kappa shape index (κ1) is 17.9. The number of likely N-dealkylation sites (tertiary alicyclic amines) is 1. The van der Waals surface area contributed by atoms with E-state index in [2.05, 4.69) is 11.1 Å². The topological polar surface area (TPSA) is 74.0 Å². The van der Waals surface area contributed by atoms with Gasteiger partial charge in [-0.05, 0) is 49.4 Å². The minimum Gasteiger partial charge on any atom is -0.493 e. The van der Waals surface area contributed by atoms with E-state index in [1.165, 1.54) is 12.0 Å². The van der Waals surface area contributed by atoms with Crippen molar-refractivity contribution in [3.8, 4) is 11.5 Å². The SMILES string of the molecule is COc1cc2c(cc1OC)C1(CCN(C(=O)c3ncoc3C)CC1)OCC2. The van der Waals surface area contributed by atoms with Gasteiger partial charge in [0.05, 0.1) is 26.4 Å². The Hall–Kier alpha value is -2.54. The van der Waals surface area contributed by atoms with Gasteiger partial charge in [-0.2, -0.15) is 0 Å². The second-order valence-electron chi connectivity index (χ2n) is 7.01. The Bertz CT molecular complexity index is 852. The first-order valence-corrected chi connectivity index (χ1v) is 9.16. The van der Waals surface area contributed by atoms with Crippen LogP contribution in [0.3, 0.4) is 0 Å². The van der Waals surface area contributed by atoms with E-state index in [1.54, 1.807) is 21.1 Å². The molecule has 0 bridgehead atoms. The first-order chi connectivity index (χ1) is 13.1. The summed E-state index contributed by atoms with van der Waals surface area (Å²) in [4.78, 5) is 18.6. The molecule has 0 atom stereocenters. The summed E-state index contributed by atoms with van der Waals surface area (Å²) in [6, 6.07) is 4.08. The molecule has 0 aliphatic carbocycles. The number of fused-ring (bicyclic) bond motifs is 2. The fraction of sp³-hybridized carbons (Fsp3) is 0.500. The molecular weight excluding hydrogens is 348 g/mol. The van der Waals surface area contributed by atoms with Crippen LogP contribution >= 0.6 is 0 Å². The maximum absolute atomic E-state index is 12.7. The molecule has 1 saturated heterocycles. The van der Waals surface area contributed by atoms with Gasteiger partial charge in [0.2, 0.25) is 0 Å². The number of rotatable bonds is 3. The van der Waals surface area contributed by atoms with Crippen LogP contribution in [0.5, 0.6) is 11.5 Å². The summed E-state index contributed by atoms with van der Waals surface area (Å²) in [5.74, 6) is 1.91. The largest absolute Gasteiger partial charge is 0.493 e. The Balaban J connectivity index is 1.59. The number of amides is 1. The molecule has 1 amide bonds. The summed E-state index contributed by atoms with van der Waals surface area (Å²) in [7, 11) is 3.29. The lowest BCUT2D eigenvalue weighted by Gasteiger charge is -2.45. The molecule has 2 aliphatic rings. The second-order valence-corrected chi connectivity index (χ2v) is 7.01. The van der Waals surface area contributed by atoms with E-state index < -0.39 is 0 Å². The number of aryl methyl sites for hydroxylation is 1. The van der Waals surface area contributed by atoms with Crippen molar-refractivity contribution in [2.24, 2.45) is 0 Å². The van der Waals surface area contributed by atoms with Crippen LogP contribution in [0, 0.1) is 6.92 Å². The summed E-state index contributed by atoms with van der Waals surface area (Å²) in [5, 5.41) is 0. The zero-order valence-corrected chi connectivity index (χ0v) is 15.9. The van der Waals surface area contributed by atoms with E-state index in [-0.39, 0.29) is 11.5 Å². The predicted molar refractivity (Wildman–Crippen MR) is 97.3 cm³/mol. The van der Waals surface area contributed by atoms with Gasteiger partial charge in [-0.1, -0.05) is 0 Å². The Morgan fingerprint density at radius 2 is 1.89 bits per heavy atom. The third-order valence-corrected chi connectivity index (χ3v) is 5.66. The highest BCUT2D eigenvalue weighted by Crippen LogP contribution is 2.45. The Morgan fingerprint density at radius 1 is 1.19 bits per heavy atom. The van der Waals surface area contributed by atoms with Gasteiger partial charge in [0.15, 0.2) is 23.6 Å². The number of oxazole rings is 1. The zero-order valence-electron chi connectivity index (χ0n) is 15.9. The van der Waals surface area contributed by atoms with E-state index in [0.717, 1.165) is 30.6 Å². The van der Waals surface area contributed by atoms with Crippen LogP contribution in [0.1, 0.15) is 40.2 Å². The number of nitrogens with zero attached hydrogens (tertiary/aromatic N) is 2. The third kappa shape index (κ3) is 2.96. The molecule has 0 saturated carbocycles. The average molecular weight is 372 g/mol. The predicted octanol–water partition coefficient (Wildman–Crippen LogP) is 2.70. The minimum atomic E-state index is -0.386. The number of hydrogen-bond acceptors (Lipinski definition) is 6. The molecule has 2 aliphatic heterocycles. The molecule has 0 N–H and O–H groups in total. The van der Waals surface area contributed by atoms with Gasteiger partial charge in [-0.15, -0.1) is 0 Å². The minimum absolute atomic E-state index is 0.0838. The Labute approximate surface area is 158 Å². The summed E-state index contributed by atoms with van der Waals surface area (Å²) in [6.45, 7) is 3.64. The monoisotopic (exact) mass is 372 g/mol. The highest BCUT2D eigenvalue weighted by molar-refractivity contribution is 5.93. The van der Waals surface area contributed by atoms with Gasteiger partial charge in [0.25, 0.3) is 5.91 Å². The molecular formula is C20H24N2O5. The van der Waals surface area contributed by atoms with E-state index in [1.807, 2.05) is 11.0 Å². The summed E-state index contributed by atoms with van der Waals surface area (Å²) in [6.07, 6.45) is 3.63. The van der Waals surface area contributed by atoms with Crippen LogP contribution in [-0.4, -0.2) is 49.7 Å². The zero-order chi connectivity index (χ0) is 19.0. The quantitative estimate of drug-likeness (QED) is 0.825. The molecule has 3 heterocycles. The highest BCUT2D eigenvalue weighted by atomic mass is 16.5. The molecule has 27 heavy (non-hydrogen) atoms. The molecule has 144 valence electrons. The van der Waals surface area contributed by atoms with Crippen LogP contribution in [0.25, 0.3) is 0 Å². The van der Waals surface area contributed by atoms with Crippen molar-refractivity contribution in [2.45, 2.75) is 31.8 Å². The number of piperidine rings is 1.